The number of rotatable bonds is 4. The number of para-hydroxylation sites is 1. The van der Waals surface area contributed by atoms with E-state index < -0.39 is 11.3 Å². The van der Waals surface area contributed by atoms with Crippen molar-refractivity contribution in [3.8, 4) is 28.0 Å². The summed E-state index contributed by atoms with van der Waals surface area (Å²) in [5.41, 5.74) is 1.36. The van der Waals surface area contributed by atoms with E-state index in [9.17, 15) is 23.3 Å². The second kappa shape index (κ2) is 6.83. The average Bonchev–Trinajstić information content (AvgIpc) is 2.61. The van der Waals surface area contributed by atoms with E-state index in [-0.39, 0.29) is 17.0 Å². The third-order valence-corrected chi connectivity index (χ3v) is 3.61. The molecule has 0 aliphatic carbocycles. The number of benzene rings is 2. The summed E-state index contributed by atoms with van der Waals surface area (Å²) < 4.78 is 42.2. The second-order valence-electron chi connectivity index (χ2n) is 5.27. The van der Waals surface area contributed by atoms with Crippen LogP contribution < -0.4 is 4.74 Å². The molecule has 26 heavy (non-hydrogen) atoms. The van der Waals surface area contributed by atoms with E-state index in [1.165, 1.54) is 48.8 Å². The van der Waals surface area contributed by atoms with E-state index in [0.29, 0.717) is 16.7 Å². The van der Waals surface area contributed by atoms with Crippen LogP contribution in [0.2, 0.25) is 0 Å². The Balaban J connectivity index is 2.22. The molecule has 1 heterocycles. The highest BCUT2D eigenvalue weighted by Crippen LogP contribution is 2.40. The van der Waals surface area contributed by atoms with Crippen molar-refractivity contribution in [3.05, 3.63) is 77.1 Å². The zero-order valence-corrected chi connectivity index (χ0v) is 13.1. The molecule has 0 bridgehead atoms. The SMILES string of the molecule is O=[N+]([O-])c1ccc(-c2ccccc2OC(F)(F)F)c(-c2ccncc2)c1. The molecule has 2 aromatic carbocycles. The van der Waals surface area contributed by atoms with Gasteiger partial charge in [0.2, 0.25) is 0 Å². The van der Waals surface area contributed by atoms with Crippen LogP contribution in [0.25, 0.3) is 22.3 Å². The van der Waals surface area contributed by atoms with E-state index in [1.54, 1.807) is 18.2 Å². The molecular weight excluding hydrogens is 349 g/mol. The fourth-order valence-electron chi connectivity index (χ4n) is 2.55. The molecule has 0 saturated carbocycles. The Labute approximate surface area is 145 Å². The van der Waals surface area contributed by atoms with Gasteiger partial charge in [0.25, 0.3) is 5.69 Å². The summed E-state index contributed by atoms with van der Waals surface area (Å²) in [7, 11) is 0. The quantitative estimate of drug-likeness (QED) is 0.472. The summed E-state index contributed by atoms with van der Waals surface area (Å²) in [5.74, 6) is -0.385. The fourth-order valence-corrected chi connectivity index (χ4v) is 2.55. The summed E-state index contributed by atoms with van der Waals surface area (Å²) in [5, 5.41) is 11.1. The first kappa shape index (κ1) is 17.4. The van der Waals surface area contributed by atoms with Crippen LogP contribution in [0.15, 0.2) is 67.0 Å². The van der Waals surface area contributed by atoms with Crippen molar-refractivity contribution < 1.29 is 22.8 Å². The first-order valence-electron chi connectivity index (χ1n) is 7.39. The van der Waals surface area contributed by atoms with E-state index in [1.807, 2.05) is 0 Å². The number of halogens is 3. The van der Waals surface area contributed by atoms with Crippen LogP contribution in [-0.4, -0.2) is 16.3 Å². The molecule has 3 aromatic rings. The number of non-ortho nitro benzene ring substituents is 1. The van der Waals surface area contributed by atoms with Gasteiger partial charge in [-0.25, -0.2) is 0 Å². The van der Waals surface area contributed by atoms with Gasteiger partial charge in [-0.3, -0.25) is 15.1 Å². The molecule has 0 saturated heterocycles. The molecule has 0 aliphatic heterocycles. The molecule has 132 valence electrons. The summed E-state index contributed by atoms with van der Waals surface area (Å²) in [6, 6.07) is 12.9. The lowest BCUT2D eigenvalue weighted by Crippen LogP contribution is -2.17. The Kier molecular flexibility index (Phi) is 4.57. The lowest BCUT2D eigenvalue weighted by Gasteiger charge is -2.16. The van der Waals surface area contributed by atoms with E-state index >= 15 is 0 Å². The third-order valence-electron chi connectivity index (χ3n) is 3.61. The van der Waals surface area contributed by atoms with Crippen LogP contribution in [0, 0.1) is 10.1 Å². The van der Waals surface area contributed by atoms with Crippen molar-refractivity contribution in [3.63, 3.8) is 0 Å². The van der Waals surface area contributed by atoms with Gasteiger partial charge in [-0.05, 0) is 41.0 Å². The maximum Gasteiger partial charge on any atom is 0.573 e. The van der Waals surface area contributed by atoms with Crippen molar-refractivity contribution in [1.29, 1.82) is 0 Å². The first-order chi connectivity index (χ1) is 12.3. The number of nitrogens with zero attached hydrogens (tertiary/aromatic N) is 2. The number of hydrogen-bond donors (Lipinski definition) is 0. The van der Waals surface area contributed by atoms with Crippen LogP contribution in [0.4, 0.5) is 18.9 Å². The predicted octanol–water partition coefficient (Wildman–Crippen LogP) is 5.22. The molecule has 3 rings (SSSR count). The lowest BCUT2D eigenvalue weighted by atomic mass is 9.94. The zero-order chi connectivity index (χ0) is 18.7. The largest absolute Gasteiger partial charge is 0.573 e. The smallest absolute Gasteiger partial charge is 0.405 e. The van der Waals surface area contributed by atoms with Gasteiger partial charge in [0.15, 0.2) is 0 Å². The molecule has 0 amide bonds. The highest BCUT2D eigenvalue weighted by molar-refractivity contribution is 5.87. The highest BCUT2D eigenvalue weighted by Gasteiger charge is 2.32. The summed E-state index contributed by atoms with van der Waals surface area (Å²) >= 11 is 0. The molecule has 0 spiro atoms. The normalized spacial score (nSPS) is 11.2. The van der Waals surface area contributed by atoms with Gasteiger partial charge < -0.3 is 4.74 Å². The van der Waals surface area contributed by atoms with E-state index in [2.05, 4.69) is 9.72 Å². The van der Waals surface area contributed by atoms with Crippen molar-refractivity contribution in [2.75, 3.05) is 0 Å². The number of nitro groups is 1. The fraction of sp³-hybridized carbons (Fsp3) is 0.0556. The van der Waals surface area contributed by atoms with Crippen LogP contribution in [-0.2, 0) is 0 Å². The number of ether oxygens (including phenoxy) is 1. The average molecular weight is 360 g/mol. The van der Waals surface area contributed by atoms with Crippen molar-refractivity contribution in [2.24, 2.45) is 0 Å². The Hall–Kier alpha value is -3.42. The van der Waals surface area contributed by atoms with Gasteiger partial charge in [-0.15, -0.1) is 13.2 Å². The molecule has 0 aliphatic rings. The van der Waals surface area contributed by atoms with Crippen molar-refractivity contribution in [2.45, 2.75) is 6.36 Å². The molecule has 0 atom stereocenters. The zero-order valence-electron chi connectivity index (χ0n) is 13.1. The Bertz CT molecular complexity index is 944. The van der Waals surface area contributed by atoms with Crippen LogP contribution in [0.1, 0.15) is 0 Å². The standard InChI is InChI=1S/C18H11F3N2O3/c19-18(20,21)26-17-4-2-1-3-15(17)14-6-5-13(23(24)25)11-16(14)12-7-9-22-10-8-12/h1-11H. The highest BCUT2D eigenvalue weighted by atomic mass is 19.4. The molecule has 0 radical (unpaired) electrons. The summed E-state index contributed by atoms with van der Waals surface area (Å²) in [6.45, 7) is 0. The van der Waals surface area contributed by atoms with Crippen LogP contribution in [0.3, 0.4) is 0 Å². The Morgan fingerprint density at radius 3 is 2.27 bits per heavy atom. The van der Waals surface area contributed by atoms with Crippen LogP contribution >= 0.6 is 0 Å². The maximum absolute atomic E-state index is 12.7. The predicted molar refractivity (Wildman–Crippen MR) is 88.4 cm³/mol. The van der Waals surface area contributed by atoms with Crippen LogP contribution in [0.5, 0.6) is 5.75 Å². The molecular formula is C18H11F3N2O3. The van der Waals surface area contributed by atoms with Gasteiger partial charge in [-0.1, -0.05) is 18.2 Å². The minimum atomic E-state index is -4.85. The van der Waals surface area contributed by atoms with Gasteiger partial charge in [0, 0.05) is 30.1 Å². The van der Waals surface area contributed by atoms with Crippen molar-refractivity contribution in [1.82, 2.24) is 4.98 Å². The molecule has 1 aromatic heterocycles. The number of alkyl halides is 3. The second-order valence-corrected chi connectivity index (χ2v) is 5.27. The van der Waals surface area contributed by atoms with Gasteiger partial charge in [0.1, 0.15) is 5.75 Å². The lowest BCUT2D eigenvalue weighted by molar-refractivity contribution is -0.384. The monoisotopic (exact) mass is 360 g/mol. The number of aromatic nitrogens is 1. The molecule has 0 N–H and O–H groups in total. The topological polar surface area (TPSA) is 65.3 Å². The van der Waals surface area contributed by atoms with Gasteiger partial charge in [-0.2, -0.15) is 0 Å². The molecule has 0 fully saturated rings. The van der Waals surface area contributed by atoms with E-state index in [4.69, 9.17) is 0 Å². The Morgan fingerprint density at radius 1 is 0.923 bits per heavy atom. The molecule has 5 nitrogen and oxygen atoms in total. The van der Waals surface area contributed by atoms with E-state index in [0.717, 1.165) is 0 Å². The number of hydrogen-bond acceptors (Lipinski definition) is 4. The van der Waals surface area contributed by atoms with Gasteiger partial charge in [0.05, 0.1) is 4.92 Å². The third kappa shape index (κ3) is 3.80. The maximum atomic E-state index is 12.7. The van der Waals surface area contributed by atoms with Gasteiger partial charge >= 0.3 is 6.36 Å². The summed E-state index contributed by atoms with van der Waals surface area (Å²) in [6.07, 6.45) is -1.86. The van der Waals surface area contributed by atoms with Crippen molar-refractivity contribution >= 4 is 5.69 Å². The Morgan fingerprint density at radius 2 is 1.62 bits per heavy atom. The minimum absolute atomic E-state index is 0.171. The molecule has 0 unspecified atom stereocenters. The molecule has 8 heteroatoms. The summed E-state index contributed by atoms with van der Waals surface area (Å²) in [4.78, 5) is 14.4. The number of nitro benzene ring substituents is 1. The minimum Gasteiger partial charge on any atom is -0.405 e. The number of pyridine rings is 1. The first-order valence-corrected chi connectivity index (χ1v) is 7.39.